The van der Waals surface area contributed by atoms with Gasteiger partial charge in [-0.15, -0.1) is 12.3 Å². The smallest absolute Gasteiger partial charge is 0.189 e. The molecule has 20 atom stereocenters. The Bertz CT molecular complexity index is 1350. The molecular formula is C40H68O22. The molecule has 0 saturated carbocycles. The summed E-state index contributed by atoms with van der Waals surface area (Å²) in [6.45, 7) is 0.738. The second-order valence-corrected chi connectivity index (χ2v) is 16.1. The predicted molar refractivity (Wildman–Crippen MR) is 208 cm³/mol. The van der Waals surface area contributed by atoms with Gasteiger partial charge in [0.15, 0.2) is 25.2 Å². The first-order valence-corrected chi connectivity index (χ1v) is 21.2. The predicted octanol–water partition coefficient (Wildman–Crippen LogP) is -4.92. The van der Waals surface area contributed by atoms with Gasteiger partial charge in [-0.05, 0) is 32.1 Å². The van der Waals surface area contributed by atoms with Crippen LogP contribution in [0.15, 0.2) is 0 Å². The average molecular weight is 901 g/mol. The molecule has 4 rings (SSSR count). The van der Waals surface area contributed by atoms with Crippen LogP contribution in [-0.4, -0.2) is 219 Å². The van der Waals surface area contributed by atoms with E-state index >= 15 is 0 Å². The number of aliphatic hydroxyl groups is 14. The molecule has 4 saturated heterocycles. The van der Waals surface area contributed by atoms with Crippen LogP contribution < -0.4 is 0 Å². The fourth-order valence-electron chi connectivity index (χ4n) is 7.31. The molecule has 4 heterocycles. The van der Waals surface area contributed by atoms with Crippen molar-refractivity contribution in [2.45, 2.75) is 213 Å². The first kappa shape index (κ1) is 54.4. The number of unbranched alkanes of at least 4 members (excludes halogenated alkanes) is 5. The Morgan fingerprint density at radius 1 is 0.452 bits per heavy atom. The van der Waals surface area contributed by atoms with Crippen molar-refractivity contribution in [1.29, 1.82) is 0 Å². The van der Waals surface area contributed by atoms with Crippen molar-refractivity contribution in [2.24, 2.45) is 0 Å². The molecule has 0 bridgehead atoms. The largest absolute Gasteiger partial charge is 0.394 e. The Balaban J connectivity index is 0.000000330. The molecule has 0 aromatic rings. The molecule has 360 valence electrons. The molecule has 0 aromatic heterocycles. The van der Waals surface area contributed by atoms with Crippen molar-refractivity contribution in [3.63, 3.8) is 0 Å². The molecule has 62 heavy (non-hydrogen) atoms. The highest BCUT2D eigenvalue weighted by Gasteiger charge is 2.51. The molecule has 0 aliphatic carbocycles. The molecule has 8 unspecified atom stereocenters. The number of aliphatic hydroxyl groups excluding tert-OH is 14. The van der Waals surface area contributed by atoms with Gasteiger partial charge >= 0.3 is 0 Å². The highest BCUT2D eigenvalue weighted by atomic mass is 16.8. The van der Waals surface area contributed by atoms with E-state index in [-0.39, 0.29) is 37.2 Å². The van der Waals surface area contributed by atoms with Crippen molar-refractivity contribution in [3.05, 3.63) is 0 Å². The summed E-state index contributed by atoms with van der Waals surface area (Å²) < 4.78 is 32.2. The van der Waals surface area contributed by atoms with Gasteiger partial charge in [0.1, 0.15) is 97.0 Å². The van der Waals surface area contributed by atoms with E-state index in [4.69, 9.17) is 34.8 Å². The summed E-state index contributed by atoms with van der Waals surface area (Å²) in [5.74, 6) is 2.42. The summed E-state index contributed by atoms with van der Waals surface area (Å²) in [5, 5.41) is 139. The molecule has 0 radical (unpaired) electrons. The van der Waals surface area contributed by atoms with Crippen molar-refractivity contribution in [1.82, 2.24) is 0 Å². The van der Waals surface area contributed by atoms with Crippen LogP contribution in [0.1, 0.15) is 90.4 Å². The van der Waals surface area contributed by atoms with Gasteiger partial charge in [0, 0.05) is 32.1 Å². The summed E-state index contributed by atoms with van der Waals surface area (Å²) in [6, 6.07) is 0. The minimum atomic E-state index is -1.74. The second-order valence-electron chi connectivity index (χ2n) is 16.1. The minimum Gasteiger partial charge on any atom is -0.394 e. The summed E-state index contributed by atoms with van der Waals surface area (Å²) in [5.41, 5.74) is 0. The van der Waals surface area contributed by atoms with Gasteiger partial charge in [-0.3, -0.25) is 9.59 Å². The van der Waals surface area contributed by atoms with E-state index in [2.05, 4.69) is 12.8 Å². The van der Waals surface area contributed by atoms with Crippen LogP contribution in [-0.2, 0) is 38.0 Å². The first-order chi connectivity index (χ1) is 29.4. The normalized spacial score (nSPS) is 41.1. The number of carbonyl (C=O) groups is 2. The van der Waals surface area contributed by atoms with Crippen LogP contribution in [0.25, 0.3) is 0 Å². The van der Waals surface area contributed by atoms with Crippen LogP contribution in [0.2, 0.25) is 0 Å². The van der Waals surface area contributed by atoms with Gasteiger partial charge in [0.2, 0.25) is 0 Å². The quantitative estimate of drug-likeness (QED) is 0.0379. The molecule has 14 N–H and O–H groups in total. The van der Waals surface area contributed by atoms with E-state index in [0.717, 1.165) is 32.1 Å². The Morgan fingerprint density at radius 3 is 1.10 bits per heavy atom. The summed E-state index contributed by atoms with van der Waals surface area (Å²) in [4.78, 5) is 24.1. The van der Waals surface area contributed by atoms with Crippen molar-refractivity contribution < 1.29 is 110 Å². The van der Waals surface area contributed by atoms with Crippen LogP contribution in [0.4, 0.5) is 0 Å². The van der Waals surface area contributed by atoms with Gasteiger partial charge in [-0.2, -0.15) is 0 Å². The SMILES string of the molecule is C#CCCCCC(=O)CCC1O[C@H](O[C@H]2OC(CO)[C@@H](O)C(O)[C@H]2O)C(O)[C@@H](O)[C@@H]1O.CCCCCCC(=O)CCC1O[C@H](O[C@H]2OC(CO)[C@@H](O)C(O)[C@H]2O)C(O)[C@@H](O)[C@@H]1O. The zero-order valence-electron chi connectivity index (χ0n) is 34.8. The number of ketones is 2. The molecular weight excluding hydrogens is 832 g/mol. The van der Waals surface area contributed by atoms with Gasteiger partial charge in [-0.25, -0.2) is 0 Å². The van der Waals surface area contributed by atoms with Gasteiger partial charge in [-0.1, -0.05) is 26.2 Å². The summed E-state index contributed by atoms with van der Waals surface area (Å²) in [7, 11) is 0. The Hall–Kier alpha value is -1.90. The molecule has 22 nitrogen and oxygen atoms in total. The summed E-state index contributed by atoms with van der Waals surface area (Å²) in [6.07, 6.45) is -18.5. The number of ether oxygens (including phenoxy) is 6. The third-order valence-corrected chi connectivity index (χ3v) is 11.3. The maximum absolute atomic E-state index is 12.1. The van der Waals surface area contributed by atoms with Gasteiger partial charge < -0.3 is 99.9 Å². The number of Topliss-reactive ketones (excluding diaryl/α,β-unsaturated/α-hetero) is 2. The number of rotatable bonds is 21. The Labute approximate surface area is 359 Å². The lowest BCUT2D eigenvalue weighted by molar-refractivity contribution is -0.375. The van der Waals surface area contributed by atoms with E-state index < -0.39 is 136 Å². The van der Waals surface area contributed by atoms with Crippen LogP contribution in [0.5, 0.6) is 0 Å². The third kappa shape index (κ3) is 15.1. The lowest BCUT2D eigenvalue weighted by Crippen LogP contribution is -2.63. The average Bonchev–Trinajstić information content (AvgIpc) is 3.26. The fourth-order valence-corrected chi connectivity index (χ4v) is 7.31. The Kier molecular flexibility index (Phi) is 23.6. The number of hydrogen-bond donors (Lipinski definition) is 14. The first-order valence-electron chi connectivity index (χ1n) is 21.2. The van der Waals surface area contributed by atoms with Crippen LogP contribution in [0, 0.1) is 12.3 Å². The molecule has 0 aromatic carbocycles. The van der Waals surface area contributed by atoms with E-state index in [9.17, 15) is 81.1 Å². The lowest BCUT2D eigenvalue weighted by Gasteiger charge is -2.44. The Morgan fingerprint density at radius 2 is 0.774 bits per heavy atom. The van der Waals surface area contributed by atoms with Crippen molar-refractivity contribution >= 4 is 11.6 Å². The van der Waals surface area contributed by atoms with Gasteiger partial charge in [0.05, 0.1) is 25.4 Å². The van der Waals surface area contributed by atoms with E-state index in [1.165, 1.54) is 0 Å². The monoisotopic (exact) mass is 900 g/mol. The fraction of sp³-hybridized carbons (Fsp3) is 0.900. The second kappa shape index (κ2) is 26.9. The van der Waals surface area contributed by atoms with Gasteiger partial charge in [0.25, 0.3) is 0 Å². The molecule has 4 fully saturated rings. The zero-order valence-corrected chi connectivity index (χ0v) is 34.8. The minimum absolute atomic E-state index is 0.00100. The highest BCUT2D eigenvalue weighted by molar-refractivity contribution is 5.78. The molecule has 0 spiro atoms. The van der Waals surface area contributed by atoms with Crippen molar-refractivity contribution in [2.75, 3.05) is 13.2 Å². The summed E-state index contributed by atoms with van der Waals surface area (Å²) >= 11 is 0. The lowest BCUT2D eigenvalue weighted by atomic mass is 9.94. The van der Waals surface area contributed by atoms with Crippen LogP contribution in [0.3, 0.4) is 0 Å². The molecule has 4 aliphatic heterocycles. The van der Waals surface area contributed by atoms with Crippen LogP contribution >= 0.6 is 0 Å². The standard InChI is InChI=1S/C20H36O11.C20H32O11/c2*1-2-3-4-5-6-10(22)7-8-11-13(23)15(25)17(27)19(29-11)31-20-18(28)16(26)14(24)12(9-21)30-20/h11-21,23-28H,2-9H2,1H3;1,11-21,23-28H,3-9H2/t2*11?,12?,13-,14-,15+,16?,17?,18-,19-,20-/m11/s1. The number of hydrogen-bond acceptors (Lipinski definition) is 22. The third-order valence-electron chi connectivity index (χ3n) is 11.3. The molecule has 0 amide bonds. The van der Waals surface area contributed by atoms with Crippen molar-refractivity contribution in [3.8, 4) is 12.3 Å². The number of terminal acetylenes is 1. The number of carbonyl (C=O) groups excluding carboxylic acids is 2. The molecule has 4 aliphatic rings. The topological polar surface area (TPSA) is 373 Å². The zero-order chi connectivity index (χ0) is 46.3. The maximum Gasteiger partial charge on any atom is 0.189 e. The highest BCUT2D eigenvalue weighted by Crippen LogP contribution is 2.31. The van der Waals surface area contributed by atoms with E-state index in [1.54, 1.807) is 0 Å². The molecule has 22 heteroatoms. The van der Waals surface area contributed by atoms with E-state index in [0.29, 0.717) is 25.7 Å². The maximum atomic E-state index is 12.1. The van der Waals surface area contributed by atoms with E-state index in [1.807, 2.05) is 0 Å².